The van der Waals surface area contributed by atoms with Gasteiger partial charge in [-0.1, -0.05) is 28.1 Å². The van der Waals surface area contributed by atoms with Gasteiger partial charge in [0.25, 0.3) is 0 Å². The maximum atomic E-state index is 10.7. The minimum absolute atomic E-state index is 0.300. The number of rotatable bonds is 5. The third-order valence-electron chi connectivity index (χ3n) is 2.75. The van der Waals surface area contributed by atoms with Crippen LogP contribution in [0.1, 0.15) is 5.56 Å². The molecule has 104 valence electrons. The molecule has 1 atom stereocenters. The van der Waals surface area contributed by atoms with Crippen LogP contribution >= 0.6 is 15.9 Å². The molecule has 0 aliphatic heterocycles. The van der Waals surface area contributed by atoms with E-state index in [4.69, 9.17) is 15.6 Å². The lowest BCUT2D eigenvalue weighted by Crippen LogP contribution is -2.32. The van der Waals surface area contributed by atoms with Gasteiger partial charge >= 0.3 is 5.97 Å². The maximum absolute atomic E-state index is 10.7. The SMILES string of the molecule is NC(Cc1ccc(Oc2ccc(Br)cc2)cc1)C(=O)O. The lowest BCUT2D eigenvalue weighted by atomic mass is 10.1. The zero-order valence-corrected chi connectivity index (χ0v) is 12.2. The van der Waals surface area contributed by atoms with Crippen molar-refractivity contribution >= 4 is 21.9 Å². The van der Waals surface area contributed by atoms with Crippen molar-refractivity contribution in [2.24, 2.45) is 5.73 Å². The predicted octanol–water partition coefficient (Wildman–Crippen LogP) is 3.20. The van der Waals surface area contributed by atoms with E-state index in [0.717, 1.165) is 15.8 Å². The lowest BCUT2D eigenvalue weighted by Gasteiger charge is -2.08. The van der Waals surface area contributed by atoms with Crippen molar-refractivity contribution in [3.63, 3.8) is 0 Å². The second kappa shape index (κ2) is 6.54. The number of hydrogen-bond acceptors (Lipinski definition) is 3. The van der Waals surface area contributed by atoms with Crippen LogP contribution in [0.3, 0.4) is 0 Å². The highest BCUT2D eigenvalue weighted by molar-refractivity contribution is 9.10. The van der Waals surface area contributed by atoms with Crippen LogP contribution in [0.5, 0.6) is 11.5 Å². The van der Waals surface area contributed by atoms with E-state index in [9.17, 15) is 4.79 Å². The maximum Gasteiger partial charge on any atom is 0.320 e. The zero-order valence-electron chi connectivity index (χ0n) is 10.6. The second-order valence-electron chi connectivity index (χ2n) is 4.35. The van der Waals surface area contributed by atoms with Crippen LogP contribution in [0.25, 0.3) is 0 Å². The summed E-state index contributed by atoms with van der Waals surface area (Å²) in [5, 5.41) is 8.76. The van der Waals surface area contributed by atoms with Crippen molar-refractivity contribution in [1.82, 2.24) is 0 Å². The molecule has 0 fully saturated rings. The first kappa shape index (κ1) is 14.6. The third-order valence-corrected chi connectivity index (χ3v) is 3.27. The summed E-state index contributed by atoms with van der Waals surface area (Å²) < 4.78 is 6.66. The van der Waals surface area contributed by atoms with Crippen LogP contribution in [0.2, 0.25) is 0 Å². The van der Waals surface area contributed by atoms with Crippen LogP contribution in [0.15, 0.2) is 53.0 Å². The summed E-state index contributed by atoms with van der Waals surface area (Å²) in [4.78, 5) is 10.7. The smallest absolute Gasteiger partial charge is 0.320 e. The molecule has 5 heteroatoms. The molecule has 0 radical (unpaired) electrons. The van der Waals surface area contributed by atoms with Crippen LogP contribution in [0, 0.1) is 0 Å². The van der Waals surface area contributed by atoms with Crippen molar-refractivity contribution in [3.8, 4) is 11.5 Å². The Morgan fingerprint density at radius 2 is 1.60 bits per heavy atom. The van der Waals surface area contributed by atoms with Gasteiger partial charge in [-0.25, -0.2) is 0 Å². The van der Waals surface area contributed by atoms with Gasteiger partial charge in [0.1, 0.15) is 17.5 Å². The number of carboxylic acids is 1. The van der Waals surface area contributed by atoms with Crippen molar-refractivity contribution in [3.05, 3.63) is 58.6 Å². The fourth-order valence-electron chi connectivity index (χ4n) is 1.67. The average Bonchev–Trinajstić information content (AvgIpc) is 2.43. The number of carbonyl (C=O) groups is 1. The molecular weight excluding hydrogens is 322 g/mol. The topological polar surface area (TPSA) is 72.5 Å². The molecule has 2 aromatic carbocycles. The quantitative estimate of drug-likeness (QED) is 0.880. The van der Waals surface area contributed by atoms with Crippen LogP contribution in [-0.4, -0.2) is 17.1 Å². The molecule has 2 aromatic rings. The van der Waals surface area contributed by atoms with Gasteiger partial charge in [0.2, 0.25) is 0 Å². The molecule has 0 aliphatic carbocycles. The van der Waals surface area contributed by atoms with E-state index in [-0.39, 0.29) is 0 Å². The van der Waals surface area contributed by atoms with E-state index in [2.05, 4.69) is 15.9 Å². The Balaban J connectivity index is 2.01. The van der Waals surface area contributed by atoms with E-state index < -0.39 is 12.0 Å². The van der Waals surface area contributed by atoms with Gasteiger partial charge in [-0.3, -0.25) is 4.79 Å². The first-order valence-electron chi connectivity index (χ1n) is 6.05. The fraction of sp³-hybridized carbons (Fsp3) is 0.133. The summed E-state index contributed by atoms with van der Waals surface area (Å²) in [5.41, 5.74) is 6.35. The molecule has 0 aromatic heterocycles. The first-order valence-corrected chi connectivity index (χ1v) is 6.84. The van der Waals surface area contributed by atoms with Gasteiger partial charge in [0, 0.05) is 4.47 Å². The van der Waals surface area contributed by atoms with Crippen LogP contribution < -0.4 is 10.5 Å². The number of nitrogens with two attached hydrogens (primary N) is 1. The molecule has 2 rings (SSSR count). The van der Waals surface area contributed by atoms with E-state index in [1.54, 1.807) is 12.1 Å². The van der Waals surface area contributed by atoms with Crippen molar-refractivity contribution in [1.29, 1.82) is 0 Å². The molecule has 20 heavy (non-hydrogen) atoms. The minimum atomic E-state index is -1.000. The van der Waals surface area contributed by atoms with E-state index >= 15 is 0 Å². The standard InChI is InChI=1S/C15H14BrNO3/c16-11-3-7-13(8-4-11)20-12-5-1-10(2-6-12)9-14(17)15(18)19/h1-8,14H,9,17H2,(H,18,19). The summed E-state index contributed by atoms with van der Waals surface area (Å²) in [5.74, 6) is 0.434. The monoisotopic (exact) mass is 335 g/mol. The summed E-state index contributed by atoms with van der Waals surface area (Å²) >= 11 is 3.36. The third kappa shape index (κ3) is 4.08. The Kier molecular flexibility index (Phi) is 4.76. The van der Waals surface area contributed by atoms with Gasteiger partial charge in [-0.05, 0) is 48.4 Å². The lowest BCUT2D eigenvalue weighted by molar-refractivity contribution is -0.138. The first-order chi connectivity index (χ1) is 9.54. The van der Waals surface area contributed by atoms with Crippen molar-refractivity contribution in [2.75, 3.05) is 0 Å². The molecule has 0 amide bonds. The molecule has 4 nitrogen and oxygen atoms in total. The van der Waals surface area contributed by atoms with E-state index in [1.807, 2.05) is 36.4 Å². The number of benzene rings is 2. The largest absolute Gasteiger partial charge is 0.480 e. The Bertz CT molecular complexity index is 581. The summed E-state index contributed by atoms with van der Waals surface area (Å²) in [6, 6.07) is 13.9. The fourth-order valence-corrected chi connectivity index (χ4v) is 1.94. The van der Waals surface area contributed by atoms with Crippen molar-refractivity contribution in [2.45, 2.75) is 12.5 Å². The molecule has 0 heterocycles. The summed E-state index contributed by atoms with van der Waals surface area (Å²) in [6.45, 7) is 0. The van der Waals surface area contributed by atoms with Crippen LogP contribution in [0.4, 0.5) is 0 Å². The highest BCUT2D eigenvalue weighted by Gasteiger charge is 2.11. The average molecular weight is 336 g/mol. The highest BCUT2D eigenvalue weighted by Crippen LogP contribution is 2.23. The Morgan fingerprint density at radius 1 is 1.10 bits per heavy atom. The van der Waals surface area contributed by atoms with Crippen molar-refractivity contribution < 1.29 is 14.6 Å². The summed E-state index contributed by atoms with van der Waals surface area (Å²) in [6.07, 6.45) is 0.300. The molecular formula is C15H14BrNO3. The molecule has 1 unspecified atom stereocenters. The molecule has 0 aliphatic rings. The summed E-state index contributed by atoms with van der Waals surface area (Å²) in [7, 11) is 0. The number of carboxylic acid groups (broad SMARTS) is 1. The molecule has 0 saturated carbocycles. The minimum Gasteiger partial charge on any atom is -0.480 e. The number of hydrogen-bond donors (Lipinski definition) is 2. The number of halogens is 1. The van der Waals surface area contributed by atoms with Gasteiger partial charge in [-0.2, -0.15) is 0 Å². The molecule has 3 N–H and O–H groups in total. The highest BCUT2D eigenvalue weighted by atomic mass is 79.9. The Morgan fingerprint density at radius 3 is 2.10 bits per heavy atom. The van der Waals surface area contributed by atoms with E-state index in [0.29, 0.717) is 12.2 Å². The predicted molar refractivity (Wildman–Crippen MR) is 80.0 cm³/mol. The molecule has 0 saturated heterocycles. The normalized spacial score (nSPS) is 11.9. The zero-order chi connectivity index (χ0) is 14.5. The van der Waals surface area contributed by atoms with Gasteiger partial charge < -0.3 is 15.6 Å². The Labute approximate surface area is 125 Å². The number of aliphatic carboxylic acids is 1. The van der Waals surface area contributed by atoms with Gasteiger partial charge in [0.15, 0.2) is 0 Å². The van der Waals surface area contributed by atoms with Crippen LogP contribution in [-0.2, 0) is 11.2 Å². The Hall–Kier alpha value is -1.85. The molecule has 0 spiro atoms. The second-order valence-corrected chi connectivity index (χ2v) is 5.26. The number of ether oxygens (including phenoxy) is 1. The van der Waals surface area contributed by atoms with Gasteiger partial charge in [0.05, 0.1) is 0 Å². The van der Waals surface area contributed by atoms with Gasteiger partial charge in [-0.15, -0.1) is 0 Å². The molecule has 0 bridgehead atoms. The van der Waals surface area contributed by atoms with E-state index in [1.165, 1.54) is 0 Å².